The number of carbonyl (C=O) groups excluding carboxylic acids is 2. The minimum Gasteiger partial charge on any atom is -0.352 e. The van der Waals surface area contributed by atoms with E-state index in [4.69, 9.17) is 5.73 Å². The van der Waals surface area contributed by atoms with Crippen LogP contribution in [-0.4, -0.2) is 66.4 Å². The molecule has 0 bridgehead atoms. The van der Waals surface area contributed by atoms with Crippen molar-refractivity contribution in [3.63, 3.8) is 0 Å². The van der Waals surface area contributed by atoms with Gasteiger partial charge in [0.15, 0.2) is 0 Å². The van der Waals surface area contributed by atoms with Crippen molar-refractivity contribution in [3.8, 4) is 0 Å². The third-order valence-corrected chi connectivity index (χ3v) is 4.30. The molecule has 0 atom stereocenters. The van der Waals surface area contributed by atoms with Crippen molar-refractivity contribution in [2.45, 2.75) is 44.7 Å². The Kier molecular flexibility index (Phi) is 5.37. The molecular formula is C14H26N4O2. The van der Waals surface area contributed by atoms with Gasteiger partial charge in [0.25, 0.3) is 0 Å². The summed E-state index contributed by atoms with van der Waals surface area (Å²) in [6.45, 7) is 5.39. The standard InChI is InChI=1S/C14H26N4O2/c1-11(19)18-8-4-13(5-9-18)16-14(20)10-17-6-2-12(15)3-7-17/h12-13H,2-10,15H2,1H3,(H,16,20). The molecule has 3 N–H and O–H groups in total. The molecule has 0 aromatic rings. The lowest BCUT2D eigenvalue weighted by molar-refractivity contribution is -0.130. The second-order valence-corrected chi connectivity index (χ2v) is 5.96. The van der Waals surface area contributed by atoms with E-state index in [2.05, 4.69) is 10.2 Å². The smallest absolute Gasteiger partial charge is 0.234 e. The van der Waals surface area contributed by atoms with Crippen LogP contribution in [0.4, 0.5) is 0 Å². The number of nitrogens with zero attached hydrogens (tertiary/aromatic N) is 2. The third-order valence-electron chi connectivity index (χ3n) is 4.30. The predicted molar refractivity (Wildman–Crippen MR) is 77.1 cm³/mol. The summed E-state index contributed by atoms with van der Waals surface area (Å²) in [6.07, 6.45) is 3.67. The molecule has 2 rings (SSSR count). The lowest BCUT2D eigenvalue weighted by Gasteiger charge is -2.33. The first kappa shape index (κ1) is 15.3. The van der Waals surface area contributed by atoms with Crippen LogP contribution in [0.1, 0.15) is 32.6 Å². The summed E-state index contributed by atoms with van der Waals surface area (Å²) in [4.78, 5) is 27.3. The lowest BCUT2D eigenvalue weighted by atomic mass is 10.0. The van der Waals surface area contributed by atoms with Crippen molar-refractivity contribution in [1.29, 1.82) is 0 Å². The van der Waals surface area contributed by atoms with Crippen molar-refractivity contribution >= 4 is 11.8 Å². The fraction of sp³-hybridized carbons (Fsp3) is 0.857. The minimum absolute atomic E-state index is 0.0988. The van der Waals surface area contributed by atoms with E-state index in [9.17, 15) is 9.59 Å². The molecular weight excluding hydrogens is 256 g/mol. The van der Waals surface area contributed by atoms with Gasteiger partial charge in [-0.05, 0) is 25.7 Å². The van der Waals surface area contributed by atoms with Crippen LogP contribution in [0, 0.1) is 0 Å². The number of hydrogen-bond acceptors (Lipinski definition) is 4. The molecule has 0 aromatic heterocycles. The molecule has 2 aliphatic rings. The number of piperidine rings is 2. The predicted octanol–water partition coefficient (Wildman–Crippen LogP) is -0.463. The van der Waals surface area contributed by atoms with Gasteiger partial charge < -0.3 is 16.0 Å². The molecule has 0 aliphatic carbocycles. The Bertz CT molecular complexity index is 345. The fourth-order valence-corrected chi connectivity index (χ4v) is 2.93. The molecule has 0 radical (unpaired) electrons. The number of hydrogen-bond donors (Lipinski definition) is 2. The maximum atomic E-state index is 12.0. The maximum absolute atomic E-state index is 12.0. The first-order chi connectivity index (χ1) is 9.54. The SMILES string of the molecule is CC(=O)N1CCC(NC(=O)CN2CCC(N)CC2)CC1. The Labute approximate surface area is 120 Å². The Balaban J connectivity index is 1.66. The summed E-state index contributed by atoms with van der Waals surface area (Å²) < 4.78 is 0. The molecule has 0 saturated carbocycles. The zero-order valence-corrected chi connectivity index (χ0v) is 12.3. The van der Waals surface area contributed by atoms with E-state index in [0.29, 0.717) is 12.6 Å². The summed E-state index contributed by atoms with van der Waals surface area (Å²) in [6, 6.07) is 0.510. The van der Waals surface area contributed by atoms with E-state index in [1.807, 2.05) is 4.90 Å². The van der Waals surface area contributed by atoms with Crippen molar-refractivity contribution in [2.24, 2.45) is 5.73 Å². The molecule has 20 heavy (non-hydrogen) atoms. The van der Waals surface area contributed by atoms with Gasteiger partial charge in [0.2, 0.25) is 11.8 Å². The van der Waals surface area contributed by atoms with Gasteiger partial charge in [-0.15, -0.1) is 0 Å². The number of rotatable bonds is 3. The van der Waals surface area contributed by atoms with Gasteiger partial charge in [-0.3, -0.25) is 14.5 Å². The van der Waals surface area contributed by atoms with E-state index < -0.39 is 0 Å². The van der Waals surface area contributed by atoms with E-state index in [1.54, 1.807) is 6.92 Å². The molecule has 2 fully saturated rings. The number of nitrogens with one attached hydrogen (secondary N) is 1. The first-order valence-corrected chi connectivity index (χ1v) is 7.57. The topological polar surface area (TPSA) is 78.7 Å². The highest BCUT2D eigenvalue weighted by molar-refractivity contribution is 5.78. The molecule has 6 nitrogen and oxygen atoms in total. The van der Waals surface area contributed by atoms with Crippen LogP contribution in [0.25, 0.3) is 0 Å². The van der Waals surface area contributed by atoms with Crippen LogP contribution in [0.2, 0.25) is 0 Å². The monoisotopic (exact) mass is 282 g/mol. The molecule has 6 heteroatoms. The number of likely N-dealkylation sites (tertiary alicyclic amines) is 2. The fourth-order valence-electron chi connectivity index (χ4n) is 2.93. The number of nitrogens with two attached hydrogens (primary N) is 1. The van der Waals surface area contributed by atoms with Crippen LogP contribution in [0.15, 0.2) is 0 Å². The molecule has 114 valence electrons. The molecule has 0 aromatic carbocycles. The van der Waals surface area contributed by atoms with Crippen molar-refractivity contribution in [2.75, 3.05) is 32.7 Å². The summed E-state index contributed by atoms with van der Waals surface area (Å²) in [7, 11) is 0. The van der Waals surface area contributed by atoms with E-state index >= 15 is 0 Å². The highest BCUT2D eigenvalue weighted by Gasteiger charge is 2.23. The summed E-state index contributed by atoms with van der Waals surface area (Å²) >= 11 is 0. The van der Waals surface area contributed by atoms with E-state index in [0.717, 1.165) is 51.9 Å². The van der Waals surface area contributed by atoms with Gasteiger partial charge in [0, 0.05) is 45.2 Å². The van der Waals surface area contributed by atoms with Gasteiger partial charge in [-0.2, -0.15) is 0 Å². The van der Waals surface area contributed by atoms with Crippen molar-refractivity contribution in [3.05, 3.63) is 0 Å². The van der Waals surface area contributed by atoms with E-state index in [1.165, 1.54) is 0 Å². The average Bonchev–Trinajstić information content (AvgIpc) is 2.42. The summed E-state index contributed by atoms with van der Waals surface area (Å²) in [5, 5.41) is 3.09. The van der Waals surface area contributed by atoms with Crippen LogP contribution in [0.3, 0.4) is 0 Å². The molecule has 0 spiro atoms. The first-order valence-electron chi connectivity index (χ1n) is 7.57. The van der Waals surface area contributed by atoms with Crippen molar-refractivity contribution in [1.82, 2.24) is 15.1 Å². The molecule has 2 aliphatic heterocycles. The van der Waals surface area contributed by atoms with Crippen LogP contribution in [-0.2, 0) is 9.59 Å². The Morgan fingerprint density at radius 2 is 1.70 bits per heavy atom. The van der Waals surface area contributed by atoms with E-state index in [-0.39, 0.29) is 17.9 Å². The van der Waals surface area contributed by atoms with Crippen molar-refractivity contribution < 1.29 is 9.59 Å². The zero-order chi connectivity index (χ0) is 14.5. The minimum atomic E-state index is 0.0988. The Hall–Kier alpha value is -1.14. The Morgan fingerprint density at radius 3 is 2.25 bits per heavy atom. The quantitative estimate of drug-likeness (QED) is 0.734. The molecule has 2 heterocycles. The van der Waals surface area contributed by atoms with Gasteiger partial charge in [-0.25, -0.2) is 0 Å². The van der Waals surface area contributed by atoms with Crippen LogP contribution >= 0.6 is 0 Å². The second kappa shape index (κ2) is 7.04. The van der Waals surface area contributed by atoms with Crippen LogP contribution in [0.5, 0.6) is 0 Å². The summed E-state index contributed by atoms with van der Waals surface area (Å²) in [5.74, 6) is 0.223. The zero-order valence-electron chi connectivity index (χ0n) is 12.3. The van der Waals surface area contributed by atoms with Gasteiger partial charge in [0.1, 0.15) is 0 Å². The van der Waals surface area contributed by atoms with Gasteiger partial charge in [-0.1, -0.05) is 0 Å². The number of amides is 2. The normalized spacial score (nSPS) is 22.8. The largest absolute Gasteiger partial charge is 0.352 e. The highest BCUT2D eigenvalue weighted by atomic mass is 16.2. The molecule has 0 unspecified atom stereocenters. The van der Waals surface area contributed by atoms with Gasteiger partial charge >= 0.3 is 0 Å². The molecule has 2 amide bonds. The average molecular weight is 282 g/mol. The molecule has 2 saturated heterocycles. The number of carbonyl (C=O) groups is 2. The summed E-state index contributed by atoms with van der Waals surface area (Å²) in [5.41, 5.74) is 5.86. The third kappa shape index (κ3) is 4.45. The lowest BCUT2D eigenvalue weighted by Crippen LogP contribution is -2.49. The highest BCUT2D eigenvalue weighted by Crippen LogP contribution is 2.11. The van der Waals surface area contributed by atoms with Gasteiger partial charge in [0.05, 0.1) is 6.54 Å². The second-order valence-electron chi connectivity index (χ2n) is 5.96. The maximum Gasteiger partial charge on any atom is 0.234 e. The Morgan fingerprint density at radius 1 is 1.10 bits per heavy atom. The van der Waals surface area contributed by atoms with Crippen LogP contribution < -0.4 is 11.1 Å².